The molecule has 0 radical (unpaired) electrons. The van der Waals surface area contributed by atoms with Crippen molar-refractivity contribution in [3.63, 3.8) is 0 Å². The lowest BCUT2D eigenvalue weighted by molar-refractivity contribution is -0.126. The van der Waals surface area contributed by atoms with Gasteiger partial charge >= 0.3 is 0 Å². The minimum atomic E-state index is -0.0657. The van der Waals surface area contributed by atoms with E-state index in [0.29, 0.717) is 6.54 Å². The summed E-state index contributed by atoms with van der Waals surface area (Å²) in [6.07, 6.45) is 3.51. The molecule has 1 fully saturated rings. The summed E-state index contributed by atoms with van der Waals surface area (Å²) in [5.74, 6) is 0.0769. The maximum Gasteiger partial charge on any atom is 0.237 e. The van der Waals surface area contributed by atoms with E-state index in [1.165, 1.54) is 0 Å². The van der Waals surface area contributed by atoms with Gasteiger partial charge in [0.05, 0.1) is 12.2 Å². The van der Waals surface area contributed by atoms with Crippen LogP contribution in [-0.2, 0) is 11.3 Å². The lowest BCUT2D eigenvalue weighted by atomic mass is 10.2. The highest BCUT2D eigenvalue weighted by atomic mass is 16.2. The van der Waals surface area contributed by atoms with Gasteiger partial charge in [0.1, 0.15) is 0 Å². The first-order valence-corrected chi connectivity index (χ1v) is 5.97. The van der Waals surface area contributed by atoms with Crippen molar-refractivity contribution >= 4 is 5.91 Å². The molecule has 1 atom stereocenters. The number of carbonyl (C=O) groups is 1. The predicted octanol–water partition coefficient (Wildman–Crippen LogP) is -0.680. The molecular formula is C11H19N5O. The van der Waals surface area contributed by atoms with E-state index in [0.717, 1.165) is 31.7 Å². The molecule has 6 nitrogen and oxygen atoms in total. The first-order valence-electron chi connectivity index (χ1n) is 5.97. The number of nitrogens with one attached hydrogen (secondary N) is 3. The molecule has 1 saturated heterocycles. The molecule has 0 spiro atoms. The second kappa shape index (κ2) is 5.79. The van der Waals surface area contributed by atoms with E-state index in [4.69, 9.17) is 0 Å². The number of hydrogen-bond donors (Lipinski definition) is 3. The van der Waals surface area contributed by atoms with E-state index in [1.807, 2.05) is 6.92 Å². The average molecular weight is 237 g/mol. The highest BCUT2D eigenvalue weighted by molar-refractivity contribution is 5.81. The number of carbonyl (C=O) groups excluding carboxylic acids is 1. The molecular weight excluding hydrogens is 218 g/mol. The van der Waals surface area contributed by atoms with Crippen LogP contribution in [0.5, 0.6) is 0 Å². The van der Waals surface area contributed by atoms with Gasteiger partial charge in [0, 0.05) is 44.5 Å². The number of amides is 1. The van der Waals surface area contributed by atoms with Gasteiger partial charge in [-0.05, 0) is 6.92 Å². The van der Waals surface area contributed by atoms with E-state index >= 15 is 0 Å². The number of H-pyrrole nitrogens is 1. The Kier molecular flexibility index (Phi) is 4.11. The van der Waals surface area contributed by atoms with Crippen LogP contribution in [0.1, 0.15) is 12.5 Å². The minimum Gasteiger partial charge on any atom is -0.351 e. The quantitative estimate of drug-likeness (QED) is 0.649. The van der Waals surface area contributed by atoms with E-state index < -0.39 is 0 Å². The maximum atomic E-state index is 11.9. The Morgan fingerprint density at radius 1 is 1.59 bits per heavy atom. The van der Waals surface area contributed by atoms with Gasteiger partial charge < -0.3 is 10.6 Å². The number of piperazine rings is 1. The van der Waals surface area contributed by atoms with Gasteiger partial charge in [-0.1, -0.05) is 0 Å². The van der Waals surface area contributed by atoms with Crippen molar-refractivity contribution in [1.29, 1.82) is 0 Å². The Labute approximate surface area is 101 Å². The third-order valence-electron chi connectivity index (χ3n) is 3.10. The van der Waals surface area contributed by atoms with Crippen LogP contribution in [0, 0.1) is 0 Å². The third kappa shape index (κ3) is 3.28. The fraction of sp³-hybridized carbons (Fsp3) is 0.636. The van der Waals surface area contributed by atoms with Crippen LogP contribution in [0.15, 0.2) is 12.4 Å². The number of nitrogens with zero attached hydrogens (tertiary/aromatic N) is 2. The Balaban J connectivity index is 1.78. The fourth-order valence-electron chi connectivity index (χ4n) is 1.95. The van der Waals surface area contributed by atoms with Gasteiger partial charge in [0.25, 0.3) is 0 Å². The number of rotatable bonds is 4. The lowest BCUT2D eigenvalue weighted by Gasteiger charge is -2.31. The van der Waals surface area contributed by atoms with E-state index in [-0.39, 0.29) is 11.9 Å². The predicted molar refractivity (Wildman–Crippen MR) is 64.3 cm³/mol. The normalized spacial score (nSPS) is 18.9. The van der Waals surface area contributed by atoms with Crippen LogP contribution in [0.4, 0.5) is 0 Å². The van der Waals surface area contributed by atoms with Gasteiger partial charge in [-0.2, -0.15) is 5.10 Å². The van der Waals surface area contributed by atoms with Crippen molar-refractivity contribution in [2.24, 2.45) is 0 Å². The maximum absolute atomic E-state index is 11.9. The van der Waals surface area contributed by atoms with Gasteiger partial charge in [0.2, 0.25) is 5.91 Å². The van der Waals surface area contributed by atoms with Crippen LogP contribution in [-0.4, -0.2) is 53.2 Å². The summed E-state index contributed by atoms with van der Waals surface area (Å²) in [7, 11) is 0. The molecule has 1 unspecified atom stereocenters. The zero-order chi connectivity index (χ0) is 12.1. The van der Waals surface area contributed by atoms with Gasteiger partial charge in [-0.25, -0.2) is 0 Å². The zero-order valence-corrected chi connectivity index (χ0v) is 10.1. The third-order valence-corrected chi connectivity index (χ3v) is 3.10. The Morgan fingerprint density at radius 2 is 2.35 bits per heavy atom. The first kappa shape index (κ1) is 12.1. The Hall–Kier alpha value is -1.40. The standard InChI is InChI=1S/C11H19N5O/c1-9(16-4-2-12-3-5-16)11(17)13-6-10-7-14-15-8-10/h7-9,12H,2-6H2,1H3,(H,13,17)(H,14,15). The fourth-order valence-corrected chi connectivity index (χ4v) is 1.95. The molecule has 0 aliphatic carbocycles. The molecule has 0 saturated carbocycles. The molecule has 1 aromatic rings. The summed E-state index contributed by atoms with van der Waals surface area (Å²) in [6.45, 7) is 6.26. The van der Waals surface area contributed by atoms with E-state index in [9.17, 15) is 4.79 Å². The minimum absolute atomic E-state index is 0.0657. The van der Waals surface area contributed by atoms with Gasteiger partial charge in [0.15, 0.2) is 0 Å². The molecule has 1 amide bonds. The monoisotopic (exact) mass is 237 g/mol. The number of aromatic nitrogens is 2. The van der Waals surface area contributed by atoms with Crippen molar-refractivity contribution in [3.05, 3.63) is 18.0 Å². The number of hydrogen-bond acceptors (Lipinski definition) is 4. The van der Waals surface area contributed by atoms with E-state index in [2.05, 4.69) is 25.7 Å². The molecule has 2 heterocycles. The average Bonchev–Trinajstić information content (AvgIpc) is 2.89. The van der Waals surface area contributed by atoms with Gasteiger partial charge in [-0.3, -0.25) is 14.8 Å². The van der Waals surface area contributed by atoms with Crippen LogP contribution < -0.4 is 10.6 Å². The van der Waals surface area contributed by atoms with E-state index in [1.54, 1.807) is 12.4 Å². The van der Waals surface area contributed by atoms with Crippen molar-refractivity contribution in [1.82, 2.24) is 25.7 Å². The molecule has 1 aliphatic heterocycles. The van der Waals surface area contributed by atoms with Crippen molar-refractivity contribution in [3.8, 4) is 0 Å². The topological polar surface area (TPSA) is 73.0 Å². The highest BCUT2D eigenvalue weighted by Crippen LogP contribution is 2.01. The summed E-state index contributed by atoms with van der Waals surface area (Å²) in [6, 6.07) is -0.0657. The van der Waals surface area contributed by atoms with Crippen molar-refractivity contribution < 1.29 is 4.79 Å². The van der Waals surface area contributed by atoms with Crippen LogP contribution in [0.3, 0.4) is 0 Å². The van der Waals surface area contributed by atoms with Gasteiger partial charge in [-0.15, -0.1) is 0 Å². The largest absolute Gasteiger partial charge is 0.351 e. The van der Waals surface area contributed by atoms with Crippen LogP contribution in [0.25, 0.3) is 0 Å². The highest BCUT2D eigenvalue weighted by Gasteiger charge is 2.22. The Morgan fingerprint density at radius 3 is 3.00 bits per heavy atom. The number of aromatic amines is 1. The van der Waals surface area contributed by atoms with Crippen molar-refractivity contribution in [2.75, 3.05) is 26.2 Å². The molecule has 2 rings (SSSR count). The second-order valence-electron chi connectivity index (χ2n) is 4.29. The molecule has 94 valence electrons. The summed E-state index contributed by atoms with van der Waals surface area (Å²) < 4.78 is 0. The molecule has 1 aliphatic rings. The molecule has 0 bridgehead atoms. The molecule has 3 N–H and O–H groups in total. The van der Waals surface area contributed by atoms with Crippen molar-refractivity contribution in [2.45, 2.75) is 19.5 Å². The SMILES string of the molecule is CC(C(=O)NCc1cn[nH]c1)N1CCNCC1. The summed E-state index contributed by atoms with van der Waals surface area (Å²) >= 11 is 0. The van der Waals surface area contributed by atoms with Crippen LogP contribution in [0.2, 0.25) is 0 Å². The smallest absolute Gasteiger partial charge is 0.237 e. The summed E-state index contributed by atoms with van der Waals surface area (Å²) in [5, 5.41) is 12.8. The second-order valence-corrected chi connectivity index (χ2v) is 4.29. The Bertz CT molecular complexity index is 345. The molecule has 1 aromatic heterocycles. The molecule has 0 aromatic carbocycles. The summed E-state index contributed by atoms with van der Waals surface area (Å²) in [5.41, 5.74) is 0.992. The van der Waals surface area contributed by atoms with Crippen LogP contribution >= 0.6 is 0 Å². The first-order chi connectivity index (χ1) is 8.27. The molecule has 17 heavy (non-hydrogen) atoms. The zero-order valence-electron chi connectivity index (χ0n) is 10.1. The summed E-state index contributed by atoms with van der Waals surface area (Å²) in [4.78, 5) is 14.1. The lowest BCUT2D eigenvalue weighted by Crippen LogP contribution is -2.52. The molecule has 6 heteroatoms.